The monoisotopic (exact) mass is 417 g/mol. The van der Waals surface area contributed by atoms with E-state index in [4.69, 9.17) is 10.5 Å². The van der Waals surface area contributed by atoms with E-state index in [0.717, 1.165) is 73.2 Å². The van der Waals surface area contributed by atoms with Crippen LogP contribution >= 0.6 is 0 Å². The minimum absolute atomic E-state index is 0.0603. The Labute approximate surface area is 180 Å². The number of benzene rings is 1. The molecule has 0 unspecified atom stereocenters. The van der Waals surface area contributed by atoms with Crippen molar-refractivity contribution in [2.24, 2.45) is 5.41 Å². The summed E-state index contributed by atoms with van der Waals surface area (Å²) in [6.45, 7) is 3.29. The lowest BCUT2D eigenvalue weighted by atomic mass is 9.62. The van der Waals surface area contributed by atoms with Crippen LogP contribution in [0.3, 0.4) is 0 Å². The zero-order chi connectivity index (χ0) is 21.1. The van der Waals surface area contributed by atoms with E-state index in [0.29, 0.717) is 12.4 Å². The van der Waals surface area contributed by atoms with Gasteiger partial charge in [-0.05, 0) is 43.9 Å². The summed E-state index contributed by atoms with van der Waals surface area (Å²) >= 11 is 0. The molecule has 3 aromatic rings. The van der Waals surface area contributed by atoms with Crippen LogP contribution < -0.4 is 26.7 Å². The van der Waals surface area contributed by atoms with Gasteiger partial charge in [0.05, 0.1) is 6.61 Å². The number of aromatic nitrogens is 2. The highest BCUT2D eigenvalue weighted by atomic mass is 16.5. The smallest absolute Gasteiger partial charge is 0.254 e. The molecule has 7 nitrogen and oxygen atoms in total. The maximum Gasteiger partial charge on any atom is 0.254 e. The molecule has 4 aliphatic rings. The molecule has 1 aromatic carbocycles. The maximum atomic E-state index is 12.3. The van der Waals surface area contributed by atoms with Crippen molar-refractivity contribution in [3.8, 4) is 5.75 Å². The molecule has 0 atom stereocenters. The summed E-state index contributed by atoms with van der Waals surface area (Å²) < 4.78 is 7.98. The molecule has 0 spiro atoms. The number of nitrogens with two attached hydrogens (primary N) is 1. The number of nitrogens with one attached hydrogen (secondary N) is 2. The van der Waals surface area contributed by atoms with Crippen LogP contribution in [0.2, 0.25) is 0 Å². The summed E-state index contributed by atoms with van der Waals surface area (Å²) in [4.78, 5) is 16.4. The Morgan fingerprint density at radius 1 is 1.23 bits per heavy atom. The maximum absolute atomic E-state index is 12.3. The van der Waals surface area contributed by atoms with Crippen molar-refractivity contribution in [3.05, 3.63) is 58.6 Å². The third-order valence-electron chi connectivity index (χ3n) is 7.27. The van der Waals surface area contributed by atoms with E-state index in [1.54, 1.807) is 12.3 Å². The molecule has 7 heteroatoms. The molecule has 4 N–H and O–H groups in total. The fourth-order valence-electron chi connectivity index (χ4n) is 5.82. The van der Waals surface area contributed by atoms with E-state index < -0.39 is 0 Å². The first-order valence-electron chi connectivity index (χ1n) is 11.0. The molecule has 160 valence electrons. The van der Waals surface area contributed by atoms with Crippen LogP contribution in [-0.2, 0) is 13.0 Å². The van der Waals surface area contributed by atoms with Crippen LogP contribution in [0.4, 0.5) is 11.5 Å². The Bertz CT molecular complexity index is 1230. The van der Waals surface area contributed by atoms with Gasteiger partial charge in [-0.25, -0.2) is 4.98 Å². The summed E-state index contributed by atoms with van der Waals surface area (Å²) in [5.41, 5.74) is 8.53. The molecule has 0 amide bonds. The third-order valence-corrected chi connectivity index (χ3v) is 7.27. The number of hydrogen-bond donors (Lipinski definition) is 3. The van der Waals surface area contributed by atoms with E-state index in [-0.39, 0.29) is 16.5 Å². The average Bonchev–Trinajstić information content (AvgIpc) is 3.45. The molecule has 2 aromatic heterocycles. The minimum atomic E-state index is 0.0603. The van der Waals surface area contributed by atoms with Crippen molar-refractivity contribution in [3.63, 3.8) is 0 Å². The summed E-state index contributed by atoms with van der Waals surface area (Å²) in [6, 6.07) is 11.8. The van der Waals surface area contributed by atoms with Gasteiger partial charge >= 0.3 is 0 Å². The number of hydrogen-bond acceptors (Lipinski definition) is 6. The number of pyridine rings is 2. The molecular weight excluding hydrogens is 390 g/mol. The second kappa shape index (κ2) is 6.72. The van der Waals surface area contributed by atoms with E-state index >= 15 is 0 Å². The van der Waals surface area contributed by atoms with Gasteiger partial charge in [0.2, 0.25) is 0 Å². The third kappa shape index (κ3) is 3.07. The lowest BCUT2D eigenvalue weighted by Gasteiger charge is -2.46. The molecule has 2 saturated heterocycles. The molecule has 1 aliphatic carbocycles. The Balaban J connectivity index is 1.10. The fraction of sp³-hybridized carbons (Fsp3) is 0.417. The first-order valence-corrected chi connectivity index (χ1v) is 11.0. The molecule has 31 heavy (non-hydrogen) atoms. The largest absolute Gasteiger partial charge is 0.493 e. The number of rotatable bonds is 6. The summed E-state index contributed by atoms with van der Waals surface area (Å²) in [6.07, 6.45) is 5.91. The van der Waals surface area contributed by atoms with Gasteiger partial charge in [-0.3, -0.25) is 4.79 Å². The van der Waals surface area contributed by atoms with Gasteiger partial charge in [0.1, 0.15) is 11.6 Å². The van der Waals surface area contributed by atoms with E-state index in [1.165, 1.54) is 0 Å². The molecule has 3 fully saturated rings. The highest BCUT2D eigenvalue weighted by Gasteiger charge is 2.60. The van der Waals surface area contributed by atoms with Crippen LogP contribution in [0.5, 0.6) is 5.75 Å². The number of fused-ring (bicyclic) bond motifs is 3. The molecule has 7 rings (SSSR count). The lowest BCUT2D eigenvalue weighted by molar-refractivity contribution is 0.0599. The minimum Gasteiger partial charge on any atom is -0.493 e. The van der Waals surface area contributed by atoms with Gasteiger partial charge in [0.25, 0.3) is 5.56 Å². The van der Waals surface area contributed by atoms with Gasteiger partial charge < -0.3 is 25.7 Å². The summed E-state index contributed by atoms with van der Waals surface area (Å²) in [7, 11) is 0. The van der Waals surface area contributed by atoms with Gasteiger partial charge in [0.15, 0.2) is 0 Å². The standard InChI is InChI=1S/C24H27N5O2/c25-22-19-4-1-5-20(18(19)6-7-26-22)27-14-24-11-23(12-24,13-28-24)15-31-17-9-16-3-2-8-29(16)21(30)10-17/h1,4-7,9-10,27-28H,2-3,8,11-15H2,(H2,25,26). The quantitative estimate of drug-likeness (QED) is 0.571. The van der Waals surface area contributed by atoms with Crippen LogP contribution in [0.1, 0.15) is 25.0 Å². The SMILES string of the molecule is Nc1nccc2c(NCC34CC(COc5cc6n(c(=O)c5)CCC6)(CN3)C4)cccc12. The van der Waals surface area contributed by atoms with Gasteiger partial charge in [-0.15, -0.1) is 0 Å². The predicted molar refractivity (Wildman–Crippen MR) is 122 cm³/mol. The molecule has 5 heterocycles. The highest BCUT2D eigenvalue weighted by Crippen LogP contribution is 2.54. The molecule has 3 aliphatic heterocycles. The van der Waals surface area contributed by atoms with Gasteiger partial charge in [-0.2, -0.15) is 0 Å². The van der Waals surface area contributed by atoms with Crippen molar-refractivity contribution in [2.75, 3.05) is 30.7 Å². The van der Waals surface area contributed by atoms with Crippen LogP contribution in [0.15, 0.2) is 47.4 Å². The summed E-state index contributed by atoms with van der Waals surface area (Å²) in [5.74, 6) is 1.28. The van der Waals surface area contributed by atoms with Crippen molar-refractivity contribution in [2.45, 2.75) is 37.8 Å². The summed E-state index contributed by atoms with van der Waals surface area (Å²) in [5, 5.41) is 9.43. The van der Waals surface area contributed by atoms with Crippen molar-refractivity contribution >= 4 is 22.3 Å². The zero-order valence-electron chi connectivity index (χ0n) is 17.5. The first kappa shape index (κ1) is 18.7. The lowest BCUT2D eigenvalue weighted by Crippen LogP contribution is -2.54. The Hall–Kier alpha value is -3.06. The molecule has 1 saturated carbocycles. The number of aryl methyl sites for hydroxylation is 1. The topological polar surface area (TPSA) is 94.2 Å². The number of nitrogen functional groups attached to an aromatic ring is 1. The zero-order valence-corrected chi connectivity index (χ0v) is 17.5. The van der Waals surface area contributed by atoms with Crippen LogP contribution in [0, 0.1) is 5.41 Å². The molecule has 0 radical (unpaired) electrons. The van der Waals surface area contributed by atoms with Crippen molar-refractivity contribution in [1.29, 1.82) is 0 Å². The first-order chi connectivity index (χ1) is 15.0. The number of anilines is 2. The number of nitrogens with zero attached hydrogens (tertiary/aromatic N) is 2. The second-order valence-corrected chi connectivity index (χ2v) is 9.50. The fourth-order valence-corrected chi connectivity index (χ4v) is 5.82. The van der Waals surface area contributed by atoms with Crippen molar-refractivity contribution < 1.29 is 4.74 Å². The molecular formula is C24H27N5O2. The Morgan fingerprint density at radius 3 is 3.03 bits per heavy atom. The van der Waals surface area contributed by atoms with Gasteiger partial charge in [0, 0.05) is 65.0 Å². The second-order valence-electron chi connectivity index (χ2n) is 9.50. The Kier molecular flexibility index (Phi) is 4.05. The van der Waals surface area contributed by atoms with Crippen LogP contribution in [0.25, 0.3) is 10.8 Å². The van der Waals surface area contributed by atoms with Crippen LogP contribution in [-0.4, -0.2) is 34.8 Å². The highest BCUT2D eigenvalue weighted by molar-refractivity contribution is 5.99. The average molecular weight is 418 g/mol. The van der Waals surface area contributed by atoms with Crippen molar-refractivity contribution in [1.82, 2.24) is 14.9 Å². The predicted octanol–water partition coefficient (Wildman–Crippen LogP) is 2.54. The van der Waals surface area contributed by atoms with E-state index in [2.05, 4.69) is 21.7 Å². The Morgan fingerprint density at radius 2 is 2.13 bits per heavy atom. The van der Waals surface area contributed by atoms with E-state index in [9.17, 15) is 4.79 Å². The number of ether oxygens (including phenoxy) is 1. The molecule has 2 bridgehead atoms. The normalized spacial score (nSPS) is 25.9. The van der Waals surface area contributed by atoms with E-state index in [1.807, 2.05) is 28.8 Å². The van der Waals surface area contributed by atoms with Gasteiger partial charge in [-0.1, -0.05) is 12.1 Å².